The van der Waals surface area contributed by atoms with E-state index in [2.05, 4.69) is 0 Å². The summed E-state index contributed by atoms with van der Waals surface area (Å²) in [5.74, 6) is -0.279. The molecular weight excluding hydrogens is 140 g/mol. The van der Waals surface area contributed by atoms with Crippen molar-refractivity contribution in [3.63, 3.8) is 0 Å². The average Bonchev–Trinajstić information content (AvgIpc) is 1.83. The van der Waals surface area contributed by atoms with E-state index in [4.69, 9.17) is 11.5 Å². The molecule has 11 heavy (non-hydrogen) atoms. The summed E-state index contributed by atoms with van der Waals surface area (Å²) in [5, 5.41) is 0. The molecule has 1 amide bonds. The molecule has 0 aromatic carbocycles. The maximum absolute atomic E-state index is 10.6. The quantitative estimate of drug-likeness (QED) is 0.630. The van der Waals surface area contributed by atoms with Gasteiger partial charge in [-0.3, -0.25) is 4.79 Å². The summed E-state index contributed by atoms with van der Waals surface area (Å²) in [6, 6.07) is 0.0509. The van der Waals surface area contributed by atoms with Crippen LogP contribution in [0.4, 0.5) is 0 Å². The molecule has 0 saturated carbocycles. The van der Waals surface area contributed by atoms with Crippen LogP contribution < -0.4 is 11.5 Å². The van der Waals surface area contributed by atoms with Gasteiger partial charge in [0.25, 0.3) is 0 Å². The molecule has 0 bridgehead atoms. The van der Waals surface area contributed by atoms with Crippen LogP contribution in [0.2, 0.25) is 0 Å². The molecule has 1 atom stereocenters. The van der Waals surface area contributed by atoms with Crippen LogP contribution in [-0.4, -0.2) is 11.9 Å². The number of hydrogen-bond donors (Lipinski definition) is 2. The number of rotatable bonds is 4. The van der Waals surface area contributed by atoms with Gasteiger partial charge in [0.2, 0.25) is 5.91 Å². The fraction of sp³-hybridized carbons (Fsp3) is 0.875. The molecule has 0 aliphatic carbocycles. The minimum Gasteiger partial charge on any atom is -0.370 e. The van der Waals surface area contributed by atoms with Crippen LogP contribution in [0.3, 0.4) is 0 Å². The average molecular weight is 158 g/mol. The Morgan fingerprint density at radius 2 is 2.00 bits per heavy atom. The first-order chi connectivity index (χ1) is 4.90. The molecule has 0 aliphatic heterocycles. The Labute approximate surface area is 68.1 Å². The van der Waals surface area contributed by atoms with E-state index in [0.29, 0.717) is 6.42 Å². The first-order valence-corrected chi connectivity index (χ1v) is 3.94. The maximum atomic E-state index is 10.6. The van der Waals surface area contributed by atoms with Crippen molar-refractivity contribution in [2.45, 2.75) is 39.7 Å². The predicted molar refractivity (Wildman–Crippen MR) is 45.9 cm³/mol. The zero-order chi connectivity index (χ0) is 9.07. The predicted octanol–water partition coefficient (Wildman–Crippen LogP) is 0.625. The molecule has 66 valence electrons. The molecule has 0 aromatic heterocycles. The van der Waals surface area contributed by atoms with Gasteiger partial charge in [0.1, 0.15) is 0 Å². The molecule has 0 saturated heterocycles. The highest BCUT2D eigenvalue weighted by molar-refractivity contribution is 5.74. The lowest BCUT2D eigenvalue weighted by Gasteiger charge is -2.29. The van der Waals surface area contributed by atoms with E-state index in [-0.39, 0.29) is 17.4 Å². The van der Waals surface area contributed by atoms with E-state index in [1.54, 1.807) is 0 Å². The number of hydrogen-bond acceptors (Lipinski definition) is 2. The lowest BCUT2D eigenvalue weighted by atomic mass is 9.80. The van der Waals surface area contributed by atoms with Crippen LogP contribution >= 0.6 is 0 Å². The first kappa shape index (κ1) is 10.4. The standard InChI is InChI=1S/C8H18N2O/c1-4-6(9)8(2,3)5-7(10)11/h6H,4-5,9H2,1-3H3,(H2,10,11)/t6-/m1/s1. The second-order valence-corrected chi connectivity index (χ2v) is 3.65. The van der Waals surface area contributed by atoms with Gasteiger partial charge in [-0.1, -0.05) is 20.8 Å². The van der Waals surface area contributed by atoms with Crippen molar-refractivity contribution < 1.29 is 4.79 Å². The molecule has 4 N–H and O–H groups in total. The van der Waals surface area contributed by atoms with Crippen molar-refractivity contribution in [1.29, 1.82) is 0 Å². The zero-order valence-electron chi connectivity index (χ0n) is 7.55. The fourth-order valence-electron chi connectivity index (χ4n) is 1.13. The number of nitrogens with two attached hydrogens (primary N) is 2. The third-order valence-corrected chi connectivity index (χ3v) is 2.07. The molecule has 0 radical (unpaired) electrons. The van der Waals surface area contributed by atoms with Crippen molar-refractivity contribution in [1.82, 2.24) is 0 Å². The molecule has 3 nitrogen and oxygen atoms in total. The number of carbonyl (C=O) groups is 1. The Balaban J connectivity index is 4.08. The Kier molecular flexibility index (Phi) is 3.52. The highest BCUT2D eigenvalue weighted by atomic mass is 16.1. The van der Waals surface area contributed by atoms with Gasteiger partial charge < -0.3 is 11.5 Å². The van der Waals surface area contributed by atoms with Crippen LogP contribution in [0.5, 0.6) is 0 Å². The molecule has 0 spiro atoms. The van der Waals surface area contributed by atoms with Crippen molar-refractivity contribution in [2.75, 3.05) is 0 Å². The molecule has 0 aliphatic rings. The largest absolute Gasteiger partial charge is 0.370 e. The van der Waals surface area contributed by atoms with Crippen LogP contribution in [0.15, 0.2) is 0 Å². The zero-order valence-corrected chi connectivity index (χ0v) is 7.55. The fourth-order valence-corrected chi connectivity index (χ4v) is 1.13. The molecular formula is C8H18N2O. The summed E-state index contributed by atoms with van der Waals surface area (Å²) in [6.07, 6.45) is 1.24. The summed E-state index contributed by atoms with van der Waals surface area (Å²) in [5.41, 5.74) is 10.7. The monoisotopic (exact) mass is 158 g/mol. The van der Waals surface area contributed by atoms with Crippen molar-refractivity contribution >= 4 is 5.91 Å². The minimum absolute atomic E-state index is 0.0509. The number of carbonyl (C=O) groups excluding carboxylic acids is 1. The second-order valence-electron chi connectivity index (χ2n) is 3.65. The third kappa shape index (κ3) is 3.37. The van der Waals surface area contributed by atoms with Crippen LogP contribution in [0.1, 0.15) is 33.6 Å². The summed E-state index contributed by atoms with van der Waals surface area (Å²) in [4.78, 5) is 10.6. The Morgan fingerprint density at radius 3 is 2.27 bits per heavy atom. The van der Waals surface area contributed by atoms with Gasteiger partial charge in [0.05, 0.1) is 0 Å². The highest BCUT2D eigenvalue weighted by Crippen LogP contribution is 2.24. The van der Waals surface area contributed by atoms with Gasteiger partial charge in [-0.2, -0.15) is 0 Å². The highest BCUT2D eigenvalue weighted by Gasteiger charge is 2.26. The summed E-state index contributed by atoms with van der Waals surface area (Å²) >= 11 is 0. The smallest absolute Gasteiger partial charge is 0.218 e. The Hall–Kier alpha value is -0.570. The third-order valence-electron chi connectivity index (χ3n) is 2.07. The minimum atomic E-state index is -0.279. The summed E-state index contributed by atoms with van der Waals surface area (Å²) in [6.45, 7) is 5.94. The Morgan fingerprint density at radius 1 is 1.55 bits per heavy atom. The van der Waals surface area contributed by atoms with E-state index < -0.39 is 0 Å². The lowest BCUT2D eigenvalue weighted by molar-refractivity contribution is -0.120. The molecule has 3 heteroatoms. The number of amides is 1. The molecule has 0 fully saturated rings. The topological polar surface area (TPSA) is 69.1 Å². The van der Waals surface area contributed by atoms with Crippen LogP contribution in [0, 0.1) is 5.41 Å². The first-order valence-electron chi connectivity index (χ1n) is 3.94. The molecule has 0 unspecified atom stereocenters. The normalized spacial score (nSPS) is 14.5. The summed E-state index contributed by atoms with van der Waals surface area (Å²) < 4.78 is 0. The molecule has 0 rings (SSSR count). The SMILES string of the molecule is CC[C@@H](N)C(C)(C)CC(N)=O. The van der Waals surface area contributed by atoms with Crippen molar-refractivity contribution in [3.05, 3.63) is 0 Å². The number of primary amides is 1. The van der Waals surface area contributed by atoms with E-state index >= 15 is 0 Å². The van der Waals surface area contributed by atoms with Crippen molar-refractivity contribution in [2.24, 2.45) is 16.9 Å². The molecule has 0 heterocycles. The second kappa shape index (κ2) is 3.72. The van der Waals surface area contributed by atoms with Gasteiger partial charge in [0, 0.05) is 12.5 Å². The van der Waals surface area contributed by atoms with Gasteiger partial charge in [-0.05, 0) is 11.8 Å². The lowest BCUT2D eigenvalue weighted by Crippen LogP contribution is -2.39. The van der Waals surface area contributed by atoms with Crippen LogP contribution in [0.25, 0.3) is 0 Å². The summed E-state index contributed by atoms with van der Waals surface area (Å²) in [7, 11) is 0. The Bertz CT molecular complexity index is 143. The maximum Gasteiger partial charge on any atom is 0.218 e. The van der Waals surface area contributed by atoms with E-state index in [1.807, 2.05) is 20.8 Å². The van der Waals surface area contributed by atoms with Crippen LogP contribution in [-0.2, 0) is 4.79 Å². The van der Waals surface area contributed by atoms with Crippen molar-refractivity contribution in [3.8, 4) is 0 Å². The van der Waals surface area contributed by atoms with E-state index in [0.717, 1.165) is 6.42 Å². The van der Waals surface area contributed by atoms with Gasteiger partial charge in [0.15, 0.2) is 0 Å². The molecule has 0 aromatic rings. The van der Waals surface area contributed by atoms with E-state index in [1.165, 1.54) is 0 Å². The van der Waals surface area contributed by atoms with E-state index in [9.17, 15) is 4.79 Å². The van der Waals surface area contributed by atoms with Gasteiger partial charge in [-0.25, -0.2) is 0 Å². The van der Waals surface area contributed by atoms with Gasteiger partial charge >= 0.3 is 0 Å². The van der Waals surface area contributed by atoms with Gasteiger partial charge in [-0.15, -0.1) is 0 Å².